The molecule has 5 rings (SSSR count). The summed E-state index contributed by atoms with van der Waals surface area (Å²) in [6.07, 6.45) is 0. The molecule has 0 unspecified atom stereocenters. The van der Waals surface area contributed by atoms with Crippen molar-refractivity contribution in [1.29, 1.82) is 0 Å². The van der Waals surface area contributed by atoms with Crippen LogP contribution in [0.1, 0.15) is 0 Å². The van der Waals surface area contributed by atoms with Crippen LogP contribution >= 0.6 is 0 Å². The monoisotopic (exact) mass is 346 g/mol. The maximum Gasteiger partial charge on any atom is 0.143 e. The summed E-state index contributed by atoms with van der Waals surface area (Å²) in [5.41, 5.74) is 4.48. The highest BCUT2D eigenvalue weighted by molar-refractivity contribution is 5.99. The van der Waals surface area contributed by atoms with E-state index in [1.54, 1.807) is 0 Å². The second-order valence-corrected chi connectivity index (χ2v) is 6.61. The molecule has 1 aromatic heterocycles. The maximum atomic E-state index is 6.45. The van der Waals surface area contributed by atoms with Gasteiger partial charge in [0.1, 0.15) is 11.5 Å². The molecule has 0 amide bonds. The molecule has 4 aromatic carbocycles. The quantitative estimate of drug-likeness (QED) is 0.331. The van der Waals surface area contributed by atoms with Gasteiger partial charge in [0.2, 0.25) is 0 Å². The Morgan fingerprint density at radius 1 is 0.481 bits per heavy atom. The molecule has 0 N–H and O–H groups in total. The van der Waals surface area contributed by atoms with Crippen LogP contribution in [0.25, 0.3) is 44.5 Å². The van der Waals surface area contributed by atoms with Crippen molar-refractivity contribution in [3.63, 3.8) is 0 Å². The lowest BCUT2D eigenvalue weighted by atomic mass is 9.97. The highest BCUT2D eigenvalue weighted by Crippen LogP contribution is 2.41. The molecule has 0 aliphatic rings. The molecule has 0 atom stereocenters. The van der Waals surface area contributed by atoms with Gasteiger partial charge < -0.3 is 4.42 Å². The van der Waals surface area contributed by atoms with Crippen LogP contribution in [0.15, 0.2) is 114 Å². The predicted molar refractivity (Wildman–Crippen MR) is 113 cm³/mol. The molecular weight excluding hydrogens is 328 g/mol. The van der Waals surface area contributed by atoms with Crippen molar-refractivity contribution in [2.75, 3.05) is 0 Å². The lowest BCUT2D eigenvalue weighted by molar-refractivity contribution is 0.598. The second kappa shape index (κ2) is 6.62. The zero-order valence-corrected chi connectivity index (χ0v) is 14.8. The molecule has 27 heavy (non-hydrogen) atoms. The molecule has 0 aliphatic carbocycles. The maximum absolute atomic E-state index is 6.45. The fourth-order valence-corrected chi connectivity index (χ4v) is 3.59. The first-order valence-electron chi connectivity index (χ1n) is 9.13. The smallest absolute Gasteiger partial charge is 0.143 e. The van der Waals surface area contributed by atoms with E-state index in [0.29, 0.717) is 0 Å². The third-order valence-electron chi connectivity index (χ3n) is 4.91. The summed E-state index contributed by atoms with van der Waals surface area (Å²) in [6.45, 7) is 0. The van der Waals surface area contributed by atoms with E-state index in [1.807, 2.05) is 24.3 Å². The Balaban J connectivity index is 1.79. The van der Waals surface area contributed by atoms with Gasteiger partial charge in [-0.2, -0.15) is 0 Å². The normalized spacial score (nSPS) is 11.0. The zero-order chi connectivity index (χ0) is 18.1. The number of benzene rings is 4. The highest BCUT2D eigenvalue weighted by atomic mass is 16.3. The van der Waals surface area contributed by atoms with E-state index in [0.717, 1.165) is 33.8 Å². The molecule has 5 aromatic rings. The van der Waals surface area contributed by atoms with Crippen LogP contribution in [0.5, 0.6) is 0 Å². The molecule has 0 fully saturated rings. The van der Waals surface area contributed by atoms with Crippen molar-refractivity contribution in [3.8, 4) is 33.8 Å². The van der Waals surface area contributed by atoms with Gasteiger partial charge in [-0.25, -0.2) is 0 Å². The van der Waals surface area contributed by atoms with E-state index in [-0.39, 0.29) is 0 Å². The third-order valence-corrected chi connectivity index (χ3v) is 4.91. The van der Waals surface area contributed by atoms with Crippen LogP contribution in [0.3, 0.4) is 0 Å². The van der Waals surface area contributed by atoms with Gasteiger partial charge in [-0.1, -0.05) is 103 Å². The SMILES string of the molecule is c1ccc(-c2cc(-c3ccccc3)c(-c3cccc4ccccc34)o2)cc1. The first kappa shape index (κ1) is 15.7. The van der Waals surface area contributed by atoms with Crippen LogP contribution in [0, 0.1) is 0 Å². The molecule has 0 saturated carbocycles. The van der Waals surface area contributed by atoms with E-state index < -0.39 is 0 Å². The summed E-state index contributed by atoms with van der Waals surface area (Å²) in [4.78, 5) is 0. The first-order chi connectivity index (χ1) is 13.4. The second-order valence-electron chi connectivity index (χ2n) is 6.61. The van der Waals surface area contributed by atoms with E-state index in [2.05, 4.69) is 84.9 Å². The number of furan rings is 1. The standard InChI is InChI=1S/C26H18O/c1-3-10-20(11-4-1)24-18-25(21-13-5-2-6-14-21)27-26(24)23-17-9-15-19-12-7-8-16-22(19)23/h1-18H. The topological polar surface area (TPSA) is 13.1 Å². The van der Waals surface area contributed by atoms with Crippen LogP contribution in [0.4, 0.5) is 0 Å². The Labute approximate surface area is 158 Å². The Morgan fingerprint density at radius 2 is 1.11 bits per heavy atom. The van der Waals surface area contributed by atoms with Crippen LogP contribution in [-0.4, -0.2) is 0 Å². The van der Waals surface area contributed by atoms with Crippen LogP contribution in [0.2, 0.25) is 0 Å². The molecule has 0 spiro atoms. The summed E-state index contributed by atoms with van der Waals surface area (Å²) < 4.78 is 6.45. The minimum absolute atomic E-state index is 0.886. The molecule has 0 radical (unpaired) electrons. The average molecular weight is 346 g/mol. The van der Waals surface area contributed by atoms with Crippen molar-refractivity contribution in [2.24, 2.45) is 0 Å². The van der Waals surface area contributed by atoms with Gasteiger partial charge in [0.15, 0.2) is 0 Å². The summed E-state index contributed by atoms with van der Waals surface area (Å²) in [7, 11) is 0. The molecule has 0 aliphatic heterocycles. The van der Waals surface area contributed by atoms with E-state index >= 15 is 0 Å². The fourth-order valence-electron chi connectivity index (χ4n) is 3.59. The Kier molecular flexibility index (Phi) is 3.84. The third kappa shape index (κ3) is 2.84. The van der Waals surface area contributed by atoms with Crippen LogP contribution < -0.4 is 0 Å². The zero-order valence-electron chi connectivity index (χ0n) is 14.8. The molecule has 128 valence electrons. The minimum atomic E-state index is 0.886. The Bertz CT molecular complexity index is 1200. The van der Waals surface area contributed by atoms with Gasteiger partial charge in [-0.15, -0.1) is 0 Å². The van der Waals surface area contributed by atoms with Gasteiger partial charge in [0.25, 0.3) is 0 Å². The van der Waals surface area contributed by atoms with Crippen molar-refractivity contribution < 1.29 is 4.42 Å². The van der Waals surface area contributed by atoms with Gasteiger partial charge in [-0.3, -0.25) is 0 Å². The van der Waals surface area contributed by atoms with Gasteiger partial charge >= 0.3 is 0 Å². The molecule has 1 heteroatoms. The Morgan fingerprint density at radius 3 is 1.89 bits per heavy atom. The molecule has 1 heterocycles. The van der Waals surface area contributed by atoms with E-state index in [4.69, 9.17) is 4.42 Å². The summed E-state index contributed by atoms with van der Waals surface area (Å²) in [5, 5.41) is 2.41. The number of hydrogen-bond donors (Lipinski definition) is 0. The highest BCUT2D eigenvalue weighted by Gasteiger charge is 2.17. The summed E-state index contributed by atoms with van der Waals surface area (Å²) in [5.74, 6) is 1.80. The number of rotatable bonds is 3. The lowest BCUT2D eigenvalue weighted by Crippen LogP contribution is -1.82. The summed E-state index contributed by atoms with van der Waals surface area (Å²) >= 11 is 0. The molecular formula is C26H18O. The largest absolute Gasteiger partial charge is 0.455 e. The van der Waals surface area contributed by atoms with Gasteiger partial charge in [-0.05, 0) is 22.4 Å². The average Bonchev–Trinajstić information content (AvgIpc) is 3.20. The molecule has 1 nitrogen and oxygen atoms in total. The van der Waals surface area contributed by atoms with E-state index in [9.17, 15) is 0 Å². The lowest BCUT2D eigenvalue weighted by Gasteiger charge is -2.07. The van der Waals surface area contributed by atoms with Crippen LogP contribution in [-0.2, 0) is 0 Å². The van der Waals surface area contributed by atoms with Gasteiger partial charge in [0, 0.05) is 16.7 Å². The predicted octanol–water partition coefficient (Wildman–Crippen LogP) is 7.43. The van der Waals surface area contributed by atoms with Crippen molar-refractivity contribution in [3.05, 3.63) is 109 Å². The first-order valence-corrected chi connectivity index (χ1v) is 9.13. The molecule has 0 saturated heterocycles. The number of fused-ring (bicyclic) bond motifs is 1. The molecule has 0 bridgehead atoms. The van der Waals surface area contributed by atoms with E-state index in [1.165, 1.54) is 10.8 Å². The number of hydrogen-bond acceptors (Lipinski definition) is 1. The van der Waals surface area contributed by atoms with Gasteiger partial charge in [0.05, 0.1) is 0 Å². The summed E-state index contributed by atoms with van der Waals surface area (Å²) in [6, 6.07) is 37.7. The fraction of sp³-hybridized carbons (Fsp3) is 0. The Hall–Kier alpha value is -3.58. The van der Waals surface area contributed by atoms with Crippen molar-refractivity contribution in [2.45, 2.75) is 0 Å². The minimum Gasteiger partial charge on any atom is -0.455 e. The van der Waals surface area contributed by atoms with Crippen molar-refractivity contribution in [1.82, 2.24) is 0 Å². The van der Waals surface area contributed by atoms with Crippen molar-refractivity contribution >= 4 is 10.8 Å².